The van der Waals surface area contributed by atoms with Crippen molar-refractivity contribution in [2.24, 2.45) is 10.9 Å². The summed E-state index contributed by atoms with van der Waals surface area (Å²) in [5, 5.41) is 27.1. The van der Waals surface area contributed by atoms with Gasteiger partial charge in [0.1, 0.15) is 0 Å². The first-order valence-electron chi connectivity index (χ1n) is 14.3. The quantitative estimate of drug-likeness (QED) is 0.337. The largest absolute Gasteiger partial charge is 0.550 e. The maximum atomic E-state index is 12.4. The molecule has 0 fully saturated rings. The molecule has 2 aromatic heterocycles. The van der Waals surface area contributed by atoms with E-state index in [1.165, 1.54) is 0 Å². The van der Waals surface area contributed by atoms with Gasteiger partial charge in [-0.15, -0.1) is 0 Å². The van der Waals surface area contributed by atoms with Gasteiger partial charge in [-0.05, 0) is 106 Å². The van der Waals surface area contributed by atoms with Crippen LogP contribution < -0.4 is 26.2 Å². The summed E-state index contributed by atoms with van der Waals surface area (Å²) in [5.74, 6) is -3.09. The van der Waals surface area contributed by atoms with Crippen LogP contribution in [0.2, 0.25) is 0 Å². The summed E-state index contributed by atoms with van der Waals surface area (Å²) in [4.78, 5) is 58.4. The van der Waals surface area contributed by atoms with E-state index in [0.717, 1.165) is 39.1 Å². The third kappa shape index (κ3) is 6.38. The Labute approximate surface area is 249 Å². The molecule has 0 unspecified atom stereocenters. The molecule has 0 aromatic carbocycles. The molecule has 4 heterocycles. The first-order chi connectivity index (χ1) is 20.4. The number of amides is 2. The SMILES string of the molecule is C=CC1=C(C)[C@H](Cc2[nH]c(C=c3[nH]c(=CC4=NC(=O)[C@@H](C)/C4=C/C)c(C)c3CCC(=O)[O-])c(CCC(=O)[O-])c2C)NC1=O. The molecule has 0 aliphatic carbocycles. The van der Waals surface area contributed by atoms with Gasteiger partial charge >= 0.3 is 0 Å². The molecule has 2 aromatic rings. The zero-order chi connectivity index (χ0) is 31.6. The second-order valence-corrected chi connectivity index (χ2v) is 11.0. The van der Waals surface area contributed by atoms with Gasteiger partial charge in [0.05, 0.1) is 17.7 Å². The fourth-order valence-electron chi connectivity index (χ4n) is 5.89. The van der Waals surface area contributed by atoms with Crippen molar-refractivity contribution in [2.75, 3.05) is 0 Å². The second kappa shape index (κ2) is 12.6. The third-order valence-corrected chi connectivity index (χ3v) is 8.48. The number of rotatable bonds is 11. The van der Waals surface area contributed by atoms with Gasteiger partial charge in [-0.25, -0.2) is 4.99 Å². The van der Waals surface area contributed by atoms with E-state index in [1.54, 1.807) is 19.1 Å². The average molecular weight is 585 g/mol. The van der Waals surface area contributed by atoms with Crippen molar-refractivity contribution >= 4 is 41.6 Å². The van der Waals surface area contributed by atoms with Crippen LogP contribution in [0.3, 0.4) is 0 Å². The number of nitrogens with one attached hydrogen (secondary N) is 3. The molecule has 2 amide bonds. The molecule has 10 heteroatoms. The smallest absolute Gasteiger partial charge is 0.253 e. The number of carbonyl (C=O) groups is 4. The third-order valence-electron chi connectivity index (χ3n) is 8.48. The minimum Gasteiger partial charge on any atom is -0.550 e. The number of H-pyrrole nitrogens is 2. The molecule has 2 aliphatic heterocycles. The van der Waals surface area contributed by atoms with Gasteiger partial charge in [-0.2, -0.15) is 0 Å². The highest BCUT2D eigenvalue weighted by Crippen LogP contribution is 2.26. The van der Waals surface area contributed by atoms with E-state index in [9.17, 15) is 29.4 Å². The number of nitrogens with zero attached hydrogens (tertiary/aromatic N) is 1. The molecule has 0 saturated heterocycles. The van der Waals surface area contributed by atoms with Crippen molar-refractivity contribution in [1.29, 1.82) is 0 Å². The average Bonchev–Trinajstić information content (AvgIpc) is 3.59. The lowest BCUT2D eigenvalue weighted by Gasteiger charge is -2.12. The number of hydrogen-bond donors (Lipinski definition) is 3. The number of aromatic nitrogens is 2. The highest BCUT2D eigenvalue weighted by Gasteiger charge is 2.29. The molecule has 0 saturated carbocycles. The Kier molecular flexibility index (Phi) is 9.18. The number of hydrogen-bond acceptors (Lipinski definition) is 6. The summed E-state index contributed by atoms with van der Waals surface area (Å²) in [5.41, 5.74) is 7.53. The summed E-state index contributed by atoms with van der Waals surface area (Å²) in [7, 11) is 0. The van der Waals surface area contributed by atoms with Crippen molar-refractivity contribution in [1.82, 2.24) is 15.3 Å². The number of allylic oxidation sites excluding steroid dienone is 1. The van der Waals surface area contributed by atoms with E-state index >= 15 is 0 Å². The molecule has 43 heavy (non-hydrogen) atoms. The van der Waals surface area contributed by atoms with Crippen LogP contribution in [-0.2, 0) is 38.4 Å². The fourth-order valence-corrected chi connectivity index (χ4v) is 5.89. The van der Waals surface area contributed by atoms with Crippen molar-refractivity contribution in [2.45, 2.75) is 72.8 Å². The topological polar surface area (TPSA) is 170 Å². The minimum atomic E-state index is -1.18. The van der Waals surface area contributed by atoms with Crippen LogP contribution in [0.5, 0.6) is 0 Å². The highest BCUT2D eigenvalue weighted by molar-refractivity contribution is 6.29. The zero-order valence-corrected chi connectivity index (χ0v) is 25.1. The predicted molar refractivity (Wildman–Crippen MR) is 159 cm³/mol. The lowest BCUT2D eigenvalue weighted by molar-refractivity contribution is -0.307. The molecular formula is C33H36N4O6-2. The summed E-state index contributed by atoms with van der Waals surface area (Å²) >= 11 is 0. The Balaban J connectivity index is 1.86. The standard InChI is InChI=1S/C33H38N4O6/c1-7-20-19(6)32(42)37-27(20)14-25-18(5)23(10-12-31(40)41)29(35-25)15-28-22(9-11-30(38)39)17(4)24(34-28)13-26-16(3)21(8-2)33(43)36-26/h7-8,14-15,19,26,34-35H,2,9-13H2,1,3-6H3,(H,36,43)(H,38,39)(H,40,41)/p-2/b20-7-,25-14?,29-15?/t19-,26-/m0/s1. The first-order valence-corrected chi connectivity index (χ1v) is 14.3. The van der Waals surface area contributed by atoms with E-state index < -0.39 is 11.9 Å². The zero-order valence-electron chi connectivity index (χ0n) is 25.1. The normalized spacial score (nSPS) is 20.4. The number of carboxylic acids is 2. The maximum Gasteiger partial charge on any atom is 0.253 e. The molecule has 10 nitrogen and oxygen atoms in total. The lowest BCUT2D eigenvalue weighted by Crippen LogP contribution is -2.30. The van der Waals surface area contributed by atoms with Crippen molar-refractivity contribution in [3.05, 3.63) is 79.8 Å². The van der Waals surface area contributed by atoms with Crippen molar-refractivity contribution < 1.29 is 29.4 Å². The maximum absolute atomic E-state index is 12.4. The number of carboxylic acid groups (broad SMARTS) is 2. The Hall–Kier alpha value is -4.73. The Bertz CT molecular complexity index is 1750. The molecule has 4 rings (SSSR count). The molecule has 2 atom stereocenters. The Morgan fingerprint density at radius 3 is 2.19 bits per heavy atom. The summed E-state index contributed by atoms with van der Waals surface area (Å²) in [6.45, 7) is 13.1. The van der Waals surface area contributed by atoms with Crippen LogP contribution in [-0.4, -0.2) is 45.5 Å². The molecule has 3 N–H and O–H groups in total. The number of aliphatic carboxylic acids is 2. The highest BCUT2D eigenvalue weighted by atomic mass is 16.4. The summed E-state index contributed by atoms with van der Waals surface area (Å²) in [6.07, 6.45) is 7.55. The molecule has 0 bridgehead atoms. The Morgan fingerprint density at radius 1 is 0.953 bits per heavy atom. The number of aromatic amines is 2. The van der Waals surface area contributed by atoms with Gasteiger partial charge in [0.2, 0.25) is 0 Å². The van der Waals surface area contributed by atoms with E-state index in [0.29, 0.717) is 34.1 Å². The van der Waals surface area contributed by atoms with Crippen LogP contribution >= 0.6 is 0 Å². The minimum absolute atomic E-state index is 0.182. The monoisotopic (exact) mass is 584 g/mol. The molecule has 226 valence electrons. The van der Waals surface area contributed by atoms with Gasteiger partial charge in [0.25, 0.3) is 11.8 Å². The molecule has 0 radical (unpaired) electrons. The van der Waals surface area contributed by atoms with Gasteiger partial charge in [-0.3, -0.25) is 9.59 Å². The second-order valence-electron chi connectivity index (χ2n) is 11.0. The van der Waals surface area contributed by atoms with E-state index in [2.05, 4.69) is 26.9 Å². The van der Waals surface area contributed by atoms with E-state index in [-0.39, 0.29) is 49.5 Å². The van der Waals surface area contributed by atoms with Crippen molar-refractivity contribution in [3.63, 3.8) is 0 Å². The molecular weight excluding hydrogens is 548 g/mol. The van der Waals surface area contributed by atoms with Crippen LogP contribution in [0.4, 0.5) is 0 Å². The van der Waals surface area contributed by atoms with E-state index in [4.69, 9.17) is 0 Å². The van der Waals surface area contributed by atoms with Gasteiger partial charge < -0.3 is 35.1 Å². The van der Waals surface area contributed by atoms with Crippen LogP contribution in [0.1, 0.15) is 67.3 Å². The van der Waals surface area contributed by atoms with Crippen LogP contribution in [0, 0.1) is 19.8 Å². The van der Waals surface area contributed by atoms with Gasteiger partial charge in [0, 0.05) is 46.0 Å². The molecule has 2 aliphatic rings. The van der Waals surface area contributed by atoms with Gasteiger partial charge in [-0.1, -0.05) is 18.7 Å². The fraction of sp³-hybridized carbons (Fsp3) is 0.364. The number of carbonyl (C=O) groups excluding carboxylic acids is 4. The summed E-state index contributed by atoms with van der Waals surface area (Å²) < 4.78 is 0. The first kappa shape index (κ1) is 31.2. The van der Waals surface area contributed by atoms with Gasteiger partial charge in [0.15, 0.2) is 0 Å². The predicted octanol–water partition coefficient (Wildman–Crippen LogP) is 0.0409. The summed E-state index contributed by atoms with van der Waals surface area (Å²) in [6, 6.07) is -0.245. The molecule has 0 spiro atoms. The lowest BCUT2D eigenvalue weighted by atomic mass is 9.98. The van der Waals surface area contributed by atoms with Crippen molar-refractivity contribution in [3.8, 4) is 0 Å². The van der Waals surface area contributed by atoms with Crippen LogP contribution in [0.25, 0.3) is 12.2 Å². The Morgan fingerprint density at radius 2 is 1.60 bits per heavy atom. The van der Waals surface area contributed by atoms with Crippen LogP contribution in [0.15, 0.2) is 40.4 Å². The number of aliphatic imine (C=N–C) groups is 1. The van der Waals surface area contributed by atoms with E-state index in [1.807, 2.05) is 39.8 Å².